The van der Waals surface area contributed by atoms with Crippen LogP contribution in [-0.2, 0) is 6.42 Å². The fraction of sp³-hybridized carbons (Fsp3) is 0.151. The van der Waals surface area contributed by atoms with Crippen molar-refractivity contribution in [3.8, 4) is 46.0 Å². The van der Waals surface area contributed by atoms with Gasteiger partial charge in [-0.1, -0.05) is 169 Å². The Kier molecular flexibility index (Phi) is 9.60. The van der Waals surface area contributed by atoms with Gasteiger partial charge in [0, 0.05) is 43.5 Å². The molecule has 3 atom stereocenters. The van der Waals surface area contributed by atoms with Gasteiger partial charge < -0.3 is 0 Å². The predicted molar refractivity (Wildman–Crippen MR) is 238 cm³/mol. The molecule has 0 spiro atoms. The molecule has 0 fully saturated rings. The van der Waals surface area contributed by atoms with E-state index in [0.717, 1.165) is 48.8 Å². The molecule has 274 valence electrons. The molecule has 0 amide bonds. The Morgan fingerprint density at radius 2 is 1.46 bits per heavy atom. The lowest BCUT2D eigenvalue weighted by Crippen LogP contribution is -2.09. The molecule has 4 aliphatic rings. The lowest BCUT2D eigenvalue weighted by atomic mass is 9.82. The normalized spacial score (nSPS) is 19.6. The molecule has 57 heavy (non-hydrogen) atoms. The van der Waals surface area contributed by atoms with E-state index in [4.69, 9.17) is 15.0 Å². The number of benzene rings is 4. The summed E-state index contributed by atoms with van der Waals surface area (Å²) in [6.45, 7) is 0. The lowest BCUT2D eigenvalue weighted by Gasteiger charge is -2.22. The van der Waals surface area contributed by atoms with Gasteiger partial charge in [0.1, 0.15) is 0 Å². The molecule has 0 N–H and O–H groups in total. The summed E-state index contributed by atoms with van der Waals surface area (Å²) >= 11 is 1.86. The topological polar surface area (TPSA) is 38.7 Å². The number of hydrogen-bond donors (Lipinski definition) is 0. The molecule has 6 aromatic rings. The maximum Gasteiger partial charge on any atom is 0.164 e. The molecular weight excluding hydrogens is 711 g/mol. The number of rotatable bonds is 8. The van der Waals surface area contributed by atoms with Crippen molar-refractivity contribution in [2.75, 3.05) is 0 Å². The first-order valence-electron chi connectivity index (χ1n) is 20.0. The van der Waals surface area contributed by atoms with Gasteiger partial charge in [-0.15, -0.1) is 11.3 Å². The van der Waals surface area contributed by atoms with E-state index in [9.17, 15) is 0 Å². The number of aromatic nitrogens is 3. The van der Waals surface area contributed by atoms with Gasteiger partial charge in [0.25, 0.3) is 0 Å². The molecule has 0 bridgehead atoms. The van der Waals surface area contributed by atoms with E-state index in [1.54, 1.807) is 0 Å². The fourth-order valence-corrected chi connectivity index (χ4v) is 9.71. The van der Waals surface area contributed by atoms with Crippen molar-refractivity contribution in [2.45, 2.75) is 38.0 Å². The Labute approximate surface area is 339 Å². The second kappa shape index (κ2) is 15.6. The predicted octanol–water partition coefficient (Wildman–Crippen LogP) is 13.2. The highest BCUT2D eigenvalue weighted by molar-refractivity contribution is 7.20. The third kappa shape index (κ3) is 7.35. The van der Waals surface area contributed by atoms with Crippen LogP contribution < -0.4 is 0 Å². The highest BCUT2D eigenvalue weighted by atomic mass is 32.1. The minimum absolute atomic E-state index is 0.267. The minimum atomic E-state index is 0.267. The highest BCUT2D eigenvalue weighted by Gasteiger charge is 2.25. The van der Waals surface area contributed by atoms with E-state index in [1.165, 1.54) is 48.4 Å². The third-order valence-electron chi connectivity index (χ3n) is 11.5. The summed E-state index contributed by atoms with van der Waals surface area (Å²) in [4.78, 5) is 16.5. The monoisotopic (exact) mass is 751 g/mol. The van der Waals surface area contributed by atoms with Crippen molar-refractivity contribution in [1.29, 1.82) is 0 Å². The van der Waals surface area contributed by atoms with Crippen LogP contribution in [-0.4, -0.2) is 15.0 Å². The summed E-state index contributed by atoms with van der Waals surface area (Å²) in [5.74, 6) is 9.95. The van der Waals surface area contributed by atoms with Crippen LogP contribution in [0.4, 0.5) is 0 Å². The van der Waals surface area contributed by atoms with Gasteiger partial charge >= 0.3 is 0 Å². The Bertz CT molecular complexity index is 2720. The van der Waals surface area contributed by atoms with Gasteiger partial charge in [-0.25, -0.2) is 15.0 Å². The number of fused-ring (bicyclic) bond motifs is 3. The Morgan fingerprint density at radius 3 is 2.25 bits per heavy atom. The zero-order valence-electron chi connectivity index (χ0n) is 31.7. The molecule has 0 saturated carbocycles. The molecule has 2 aromatic heterocycles. The first-order chi connectivity index (χ1) is 28.2. The van der Waals surface area contributed by atoms with E-state index >= 15 is 0 Å². The van der Waals surface area contributed by atoms with Gasteiger partial charge in [0.05, 0.1) is 0 Å². The molecular formula is C53H41N3S. The van der Waals surface area contributed by atoms with Crippen LogP contribution in [0.15, 0.2) is 175 Å². The number of nitrogens with zero attached hydrogens (tertiary/aromatic N) is 3. The van der Waals surface area contributed by atoms with Crippen LogP contribution in [0.25, 0.3) is 55.9 Å². The molecule has 10 rings (SSSR count). The summed E-state index contributed by atoms with van der Waals surface area (Å²) < 4.78 is 1.26. The summed E-state index contributed by atoms with van der Waals surface area (Å²) in [6, 6.07) is 36.2. The minimum Gasteiger partial charge on any atom is -0.208 e. The van der Waals surface area contributed by atoms with Gasteiger partial charge in [0.15, 0.2) is 17.5 Å². The molecule has 0 saturated heterocycles. The number of hydrogen-bond acceptors (Lipinski definition) is 4. The first kappa shape index (κ1) is 35.0. The van der Waals surface area contributed by atoms with Gasteiger partial charge in [-0.3, -0.25) is 0 Å². The SMILES string of the molecule is C1#CC(C2=CCC=CC=C2)CC(CC2C=CC(c3cccc(C4C=Cc5sc6cccc(-c7nc(-c8ccccc8)nc(-c8ccccc8)n7)c6c5C4)c3)=CC2)=C1. The van der Waals surface area contributed by atoms with E-state index in [-0.39, 0.29) is 5.92 Å². The molecule has 0 radical (unpaired) electrons. The smallest absolute Gasteiger partial charge is 0.164 e. The van der Waals surface area contributed by atoms with E-state index in [1.807, 2.05) is 47.7 Å². The van der Waals surface area contributed by atoms with Crippen LogP contribution in [0.3, 0.4) is 0 Å². The van der Waals surface area contributed by atoms with Crippen molar-refractivity contribution in [1.82, 2.24) is 15.0 Å². The Morgan fingerprint density at radius 1 is 0.684 bits per heavy atom. The van der Waals surface area contributed by atoms with E-state index < -0.39 is 0 Å². The fourth-order valence-electron chi connectivity index (χ4n) is 8.53. The molecule has 4 aromatic carbocycles. The maximum absolute atomic E-state index is 5.12. The summed E-state index contributed by atoms with van der Waals surface area (Å²) in [5.41, 5.74) is 11.1. The number of allylic oxidation sites excluding steroid dienone is 13. The van der Waals surface area contributed by atoms with Crippen LogP contribution in [0, 0.1) is 23.7 Å². The van der Waals surface area contributed by atoms with Crippen LogP contribution >= 0.6 is 11.3 Å². The number of thiophene rings is 1. The molecule has 0 aliphatic heterocycles. The maximum atomic E-state index is 5.12. The first-order valence-corrected chi connectivity index (χ1v) is 20.8. The molecule has 2 heterocycles. The summed E-state index contributed by atoms with van der Waals surface area (Å²) in [7, 11) is 0. The van der Waals surface area contributed by atoms with E-state index in [2.05, 4.69) is 145 Å². The Balaban J connectivity index is 0.896. The van der Waals surface area contributed by atoms with Gasteiger partial charge in [-0.05, 0) is 84.1 Å². The zero-order chi connectivity index (χ0) is 38.0. The zero-order valence-corrected chi connectivity index (χ0v) is 32.5. The average Bonchev–Trinajstić information content (AvgIpc) is 3.43. The largest absolute Gasteiger partial charge is 0.208 e. The van der Waals surface area contributed by atoms with Crippen molar-refractivity contribution in [2.24, 2.45) is 11.8 Å². The van der Waals surface area contributed by atoms with Crippen molar-refractivity contribution < 1.29 is 0 Å². The van der Waals surface area contributed by atoms with Crippen LogP contribution in [0.2, 0.25) is 0 Å². The quantitative estimate of drug-likeness (QED) is 0.145. The van der Waals surface area contributed by atoms with Crippen molar-refractivity contribution in [3.05, 3.63) is 197 Å². The van der Waals surface area contributed by atoms with Crippen LogP contribution in [0.5, 0.6) is 0 Å². The second-order valence-corrected chi connectivity index (χ2v) is 16.3. The third-order valence-corrected chi connectivity index (χ3v) is 12.6. The standard InChI is InChI=1S/C53H41N3S/c1-2-6-16-38(15-5-1)42-21-11-14-37(33-42)32-36-26-28-39(29-27-36)43-22-12-23-44(34-43)45-30-31-48-47(35-45)50-46(24-13-25-49(50)57-48)53-55-51(40-17-7-3-8-18-40)54-52(56-53)41-19-9-4-10-20-41/h1-5,7-10,12-20,22-26,28-31,34,36,42,45H,6,27,32-33,35H2. The average molecular weight is 752 g/mol. The molecule has 3 unspecified atom stereocenters. The van der Waals surface area contributed by atoms with Crippen molar-refractivity contribution >= 4 is 33.1 Å². The molecule has 4 aliphatic carbocycles. The lowest BCUT2D eigenvalue weighted by molar-refractivity contribution is 0.614. The summed E-state index contributed by atoms with van der Waals surface area (Å²) in [5, 5.41) is 1.25. The molecule has 3 nitrogen and oxygen atoms in total. The summed E-state index contributed by atoms with van der Waals surface area (Å²) in [6.07, 6.45) is 30.2. The second-order valence-electron chi connectivity index (χ2n) is 15.3. The van der Waals surface area contributed by atoms with Crippen molar-refractivity contribution in [3.63, 3.8) is 0 Å². The van der Waals surface area contributed by atoms with Gasteiger partial charge in [0.2, 0.25) is 0 Å². The Hall–Kier alpha value is -6.41. The van der Waals surface area contributed by atoms with Crippen LogP contribution in [0.1, 0.15) is 53.2 Å². The highest BCUT2D eigenvalue weighted by Crippen LogP contribution is 2.44. The van der Waals surface area contributed by atoms with Gasteiger partial charge in [-0.2, -0.15) is 0 Å². The van der Waals surface area contributed by atoms with E-state index in [0.29, 0.717) is 29.3 Å². The molecule has 4 heteroatoms.